The van der Waals surface area contributed by atoms with Gasteiger partial charge in [-0.3, -0.25) is 4.79 Å². The number of rotatable bonds is 3. The molecule has 0 saturated heterocycles. The molecule has 1 aromatic carbocycles. The molecule has 16 heavy (non-hydrogen) atoms. The van der Waals surface area contributed by atoms with Gasteiger partial charge in [-0.2, -0.15) is 0 Å². The monoisotopic (exact) mass is 245 g/mol. The highest BCUT2D eigenvalue weighted by Gasteiger charge is 2.21. The average Bonchev–Trinajstić information content (AvgIpc) is 2.27. The van der Waals surface area contributed by atoms with Crippen LogP contribution in [0.4, 0.5) is 0 Å². The van der Waals surface area contributed by atoms with Gasteiger partial charge in [0.25, 0.3) is 0 Å². The van der Waals surface area contributed by atoms with Crippen molar-refractivity contribution >= 4 is 24.3 Å². The van der Waals surface area contributed by atoms with Gasteiger partial charge in [0.2, 0.25) is 0 Å². The van der Waals surface area contributed by atoms with Crippen LogP contribution in [0.15, 0.2) is 24.3 Å². The van der Waals surface area contributed by atoms with Crippen molar-refractivity contribution in [3.05, 3.63) is 35.4 Å². The van der Waals surface area contributed by atoms with E-state index in [0.29, 0.717) is 0 Å². The molecule has 0 aliphatic rings. The number of carbonyl (C=O) groups excluding carboxylic acids is 1. The van der Waals surface area contributed by atoms with Crippen molar-refractivity contribution in [1.82, 2.24) is 0 Å². The predicted octanol–water partition coefficient (Wildman–Crippen LogP) is 0.979. The Morgan fingerprint density at radius 1 is 1.38 bits per heavy atom. The third kappa shape index (κ3) is 2.95. The van der Waals surface area contributed by atoms with Crippen LogP contribution in [0.2, 0.25) is 0 Å². The number of esters is 1. The van der Waals surface area contributed by atoms with Crippen molar-refractivity contribution in [2.24, 2.45) is 5.73 Å². The van der Waals surface area contributed by atoms with Crippen LogP contribution in [0.5, 0.6) is 0 Å². The molecule has 0 fully saturated rings. The van der Waals surface area contributed by atoms with E-state index < -0.39 is 18.0 Å². The molecule has 1 atom stereocenters. The topological polar surface area (TPSA) is 89.6 Å². The van der Waals surface area contributed by atoms with Crippen molar-refractivity contribution < 1.29 is 19.4 Å². The molecule has 0 aliphatic heterocycles. The highest BCUT2D eigenvalue weighted by atomic mass is 35.5. The first-order chi connectivity index (χ1) is 7.07. The zero-order chi connectivity index (χ0) is 11.4. The first kappa shape index (κ1) is 14.4. The van der Waals surface area contributed by atoms with Crippen LogP contribution in [0, 0.1) is 0 Å². The fourth-order valence-corrected chi connectivity index (χ4v) is 1.22. The van der Waals surface area contributed by atoms with Crippen molar-refractivity contribution in [3.63, 3.8) is 0 Å². The van der Waals surface area contributed by atoms with Gasteiger partial charge in [0.15, 0.2) is 0 Å². The molecule has 0 saturated carbocycles. The number of aromatic carboxylic acids is 1. The summed E-state index contributed by atoms with van der Waals surface area (Å²) in [6.07, 6.45) is 0. The number of hydrogen-bond acceptors (Lipinski definition) is 4. The molecular formula is C10H12ClNO4. The van der Waals surface area contributed by atoms with Crippen LogP contribution in [0.3, 0.4) is 0 Å². The molecule has 0 amide bonds. The van der Waals surface area contributed by atoms with E-state index in [0.717, 1.165) is 0 Å². The molecule has 0 aromatic heterocycles. The largest absolute Gasteiger partial charge is 0.478 e. The number of nitrogens with two attached hydrogens (primary N) is 1. The van der Waals surface area contributed by atoms with E-state index in [1.165, 1.54) is 19.2 Å². The maximum atomic E-state index is 11.1. The summed E-state index contributed by atoms with van der Waals surface area (Å²) in [4.78, 5) is 22.0. The van der Waals surface area contributed by atoms with Gasteiger partial charge in [0, 0.05) is 0 Å². The lowest BCUT2D eigenvalue weighted by molar-refractivity contribution is -0.142. The minimum absolute atomic E-state index is 0. The van der Waals surface area contributed by atoms with Gasteiger partial charge in [0.05, 0.1) is 12.7 Å². The van der Waals surface area contributed by atoms with E-state index in [1.54, 1.807) is 12.1 Å². The Kier molecular flexibility index (Phi) is 5.49. The lowest BCUT2D eigenvalue weighted by atomic mass is 10.0. The third-order valence-corrected chi connectivity index (χ3v) is 1.98. The van der Waals surface area contributed by atoms with E-state index >= 15 is 0 Å². The van der Waals surface area contributed by atoms with Crippen molar-refractivity contribution in [2.75, 3.05) is 7.11 Å². The number of carbonyl (C=O) groups is 2. The highest BCUT2D eigenvalue weighted by Crippen LogP contribution is 2.17. The third-order valence-electron chi connectivity index (χ3n) is 1.98. The number of methoxy groups -OCH3 is 1. The van der Waals surface area contributed by atoms with Gasteiger partial charge < -0.3 is 15.6 Å². The second-order valence-electron chi connectivity index (χ2n) is 2.89. The summed E-state index contributed by atoms with van der Waals surface area (Å²) in [5.41, 5.74) is 5.81. The Morgan fingerprint density at radius 3 is 2.44 bits per heavy atom. The Hall–Kier alpha value is -1.59. The van der Waals surface area contributed by atoms with E-state index in [-0.39, 0.29) is 23.5 Å². The summed E-state index contributed by atoms with van der Waals surface area (Å²) in [5, 5.41) is 8.86. The van der Waals surface area contributed by atoms with Crippen LogP contribution in [0.1, 0.15) is 22.0 Å². The van der Waals surface area contributed by atoms with Gasteiger partial charge >= 0.3 is 11.9 Å². The molecule has 1 rings (SSSR count). The quantitative estimate of drug-likeness (QED) is 0.775. The van der Waals surface area contributed by atoms with Crippen LogP contribution >= 0.6 is 12.4 Å². The van der Waals surface area contributed by atoms with E-state index in [4.69, 9.17) is 10.8 Å². The predicted molar refractivity (Wildman–Crippen MR) is 59.6 cm³/mol. The molecule has 0 unspecified atom stereocenters. The Labute approximate surface area is 98.6 Å². The molecular weight excluding hydrogens is 234 g/mol. The summed E-state index contributed by atoms with van der Waals surface area (Å²) in [6.45, 7) is 0. The molecule has 88 valence electrons. The molecule has 3 N–H and O–H groups in total. The Balaban J connectivity index is 0.00000225. The SMILES string of the molecule is COC(=O)[C@H](N)c1ccccc1C(=O)O.Cl. The minimum Gasteiger partial charge on any atom is -0.478 e. The maximum absolute atomic E-state index is 11.1. The van der Waals surface area contributed by atoms with Crippen LogP contribution in [-0.2, 0) is 9.53 Å². The lowest BCUT2D eigenvalue weighted by Gasteiger charge is -2.11. The smallest absolute Gasteiger partial charge is 0.336 e. The summed E-state index contributed by atoms with van der Waals surface area (Å²) in [7, 11) is 1.20. The minimum atomic E-state index is -1.12. The number of ether oxygens (including phenoxy) is 1. The van der Waals surface area contributed by atoms with Gasteiger partial charge in [-0.15, -0.1) is 12.4 Å². The number of carboxylic acids is 1. The first-order valence-electron chi connectivity index (χ1n) is 4.23. The fraction of sp³-hybridized carbons (Fsp3) is 0.200. The van der Waals surface area contributed by atoms with Crippen LogP contribution in [0.25, 0.3) is 0 Å². The average molecular weight is 246 g/mol. The molecule has 5 nitrogen and oxygen atoms in total. The molecule has 0 aliphatic carbocycles. The van der Waals surface area contributed by atoms with Gasteiger partial charge in [-0.25, -0.2) is 4.79 Å². The van der Waals surface area contributed by atoms with Gasteiger partial charge in [0.1, 0.15) is 6.04 Å². The molecule has 6 heteroatoms. The number of hydrogen-bond donors (Lipinski definition) is 2. The maximum Gasteiger partial charge on any atom is 0.336 e. The second kappa shape index (κ2) is 6.09. The molecule has 0 radical (unpaired) electrons. The second-order valence-corrected chi connectivity index (χ2v) is 2.89. The zero-order valence-corrected chi connectivity index (χ0v) is 9.36. The van der Waals surface area contributed by atoms with E-state index in [2.05, 4.69) is 4.74 Å². The molecule has 1 aromatic rings. The van der Waals surface area contributed by atoms with Crippen LogP contribution < -0.4 is 5.73 Å². The van der Waals surface area contributed by atoms with Gasteiger partial charge in [-0.1, -0.05) is 18.2 Å². The standard InChI is InChI=1S/C10H11NO4.ClH/c1-15-10(14)8(11)6-4-2-3-5-7(6)9(12)13;/h2-5,8H,11H2,1H3,(H,12,13);1H/t8-;/m1./s1. The van der Waals surface area contributed by atoms with Crippen molar-refractivity contribution in [1.29, 1.82) is 0 Å². The summed E-state index contributed by atoms with van der Waals surface area (Å²) in [6, 6.07) is 5.00. The molecule has 0 spiro atoms. The van der Waals surface area contributed by atoms with Gasteiger partial charge in [-0.05, 0) is 11.6 Å². The Morgan fingerprint density at radius 2 is 1.94 bits per heavy atom. The normalized spacial score (nSPS) is 11.1. The Bertz CT molecular complexity index is 394. The number of benzene rings is 1. The number of halogens is 1. The van der Waals surface area contributed by atoms with Crippen molar-refractivity contribution in [3.8, 4) is 0 Å². The van der Waals surface area contributed by atoms with Crippen LogP contribution in [-0.4, -0.2) is 24.2 Å². The summed E-state index contributed by atoms with van der Waals surface area (Å²) >= 11 is 0. The zero-order valence-electron chi connectivity index (χ0n) is 8.54. The first-order valence-corrected chi connectivity index (χ1v) is 4.23. The highest BCUT2D eigenvalue weighted by molar-refractivity contribution is 5.92. The molecule has 0 bridgehead atoms. The fourth-order valence-electron chi connectivity index (χ4n) is 1.22. The van der Waals surface area contributed by atoms with E-state index in [1.807, 2.05) is 0 Å². The molecule has 0 heterocycles. The number of carboxylic acid groups (broad SMARTS) is 1. The summed E-state index contributed by atoms with van der Waals surface area (Å²) < 4.78 is 4.44. The lowest BCUT2D eigenvalue weighted by Crippen LogP contribution is -2.24. The van der Waals surface area contributed by atoms with Crippen molar-refractivity contribution in [2.45, 2.75) is 6.04 Å². The van der Waals surface area contributed by atoms with E-state index in [9.17, 15) is 9.59 Å². The summed E-state index contributed by atoms with van der Waals surface area (Å²) in [5.74, 6) is -1.78.